The molecule has 0 aliphatic carbocycles. The maximum Gasteiger partial charge on any atom is 0.243 e. The molecule has 0 aromatic carbocycles. The molecule has 0 saturated heterocycles. The van der Waals surface area contributed by atoms with E-state index in [1.807, 2.05) is 7.05 Å². The molecule has 0 bridgehead atoms. The Morgan fingerprint density at radius 1 is 1.57 bits per heavy atom. The smallest absolute Gasteiger partial charge is 0.243 e. The molecular formula is C10H18N2O2. The third kappa shape index (κ3) is 7.34. The average Bonchev–Trinajstić information content (AvgIpc) is 2.47. The third-order valence-corrected chi connectivity index (χ3v) is 1.59. The van der Waals surface area contributed by atoms with E-state index in [1.165, 1.54) is 12.8 Å². The van der Waals surface area contributed by atoms with Gasteiger partial charge in [0.2, 0.25) is 6.33 Å². The molecule has 0 atom stereocenters. The molecule has 14 heavy (non-hydrogen) atoms. The third-order valence-electron chi connectivity index (χ3n) is 1.59. The van der Waals surface area contributed by atoms with Gasteiger partial charge in [-0.25, -0.2) is 9.13 Å². The Kier molecular flexibility index (Phi) is 6.45. The highest BCUT2D eigenvalue weighted by molar-refractivity contribution is 5.60. The number of hydrogen-bond donors (Lipinski definition) is 0. The zero-order chi connectivity index (χ0) is 11.0. The van der Waals surface area contributed by atoms with Crippen molar-refractivity contribution in [1.29, 1.82) is 0 Å². The van der Waals surface area contributed by atoms with E-state index >= 15 is 0 Å². The number of hydrogen-bond acceptors (Lipinski definition) is 2. The molecule has 1 rings (SSSR count). The molecule has 80 valence electrons. The molecule has 0 amide bonds. The van der Waals surface area contributed by atoms with Crippen LogP contribution >= 0.6 is 0 Å². The SMILES string of the molecule is CC(=O)[O-].CCCCn1cc[n+](C)[13cH]1. The molecule has 0 unspecified atom stereocenters. The van der Waals surface area contributed by atoms with Crippen LogP contribution in [0.25, 0.3) is 0 Å². The number of unbranched alkanes of at least 4 members (excludes halogenated alkanes) is 1. The summed E-state index contributed by atoms with van der Waals surface area (Å²) in [6.45, 7) is 4.33. The Balaban J connectivity index is 0.000000364. The van der Waals surface area contributed by atoms with Crippen molar-refractivity contribution >= 4 is 5.97 Å². The lowest BCUT2D eigenvalue weighted by molar-refractivity contribution is -0.671. The number of rotatable bonds is 3. The van der Waals surface area contributed by atoms with E-state index in [1.54, 1.807) is 0 Å². The quantitative estimate of drug-likeness (QED) is 0.637. The lowest BCUT2D eigenvalue weighted by Gasteiger charge is -1.90. The summed E-state index contributed by atoms with van der Waals surface area (Å²) in [7, 11) is 2.04. The molecule has 4 heteroatoms. The fourth-order valence-electron chi connectivity index (χ4n) is 0.975. The number of aliphatic carboxylic acids is 1. The van der Waals surface area contributed by atoms with Crippen LogP contribution in [0.2, 0.25) is 0 Å². The summed E-state index contributed by atoms with van der Waals surface area (Å²) in [5.41, 5.74) is 0. The highest BCUT2D eigenvalue weighted by Gasteiger charge is 1.96. The number of carboxylic acids is 1. The van der Waals surface area contributed by atoms with Gasteiger partial charge in [-0.2, -0.15) is 0 Å². The molecule has 0 radical (unpaired) electrons. The first-order valence-corrected chi connectivity index (χ1v) is 4.74. The summed E-state index contributed by atoms with van der Waals surface area (Å²) < 4.78 is 4.28. The topological polar surface area (TPSA) is 48.9 Å². The van der Waals surface area contributed by atoms with Gasteiger partial charge in [-0.05, 0) is 13.3 Å². The summed E-state index contributed by atoms with van der Waals surface area (Å²) >= 11 is 0. The summed E-state index contributed by atoms with van der Waals surface area (Å²) in [5.74, 6) is -1.08. The fourth-order valence-corrected chi connectivity index (χ4v) is 0.975. The van der Waals surface area contributed by atoms with Crippen molar-refractivity contribution in [2.75, 3.05) is 0 Å². The molecular weight excluding hydrogens is 181 g/mol. The Morgan fingerprint density at radius 2 is 2.14 bits per heavy atom. The number of aromatic nitrogens is 2. The summed E-state index contributed by atoms with van der Waals surface area (Å²) in [6, 6.07) is 0. The van der Waals surface area contributed by atoms with Gasteiger partial charge in [0.1, 0.15) is 12.4 Å². The normalized spacial score (nSPS) is 9.07. The molecule has 1 aromatic heterocycles. The van der Waals surface area contributed by atoms with Gasteiger partial charge >= 0.3 is 0 Å². The van der Waals surface area contributed by atoms with Crippen LogP contribution in [0.1, 0.15) is 26.7 Å². The Hall–Kier alpha value is -1.32. The Bertz CT molecular complexity index is 265. The van der Waals surface area contributed by atoms with E-state index in [0.717, 1.165) is 13.5 Å². The van der Waals surface area contributed by atoms with Crippen molar-refractivity contribution in [2.24, 2.45) is 7.05 Å². The second-order valence-corrected chi connectivity index (χ2v) is 3.16. The van der Waals surface area contributed by atoms with E-state index in [2.05, 4.69) is 34.8 Å². The fraction of sp³-hybridized carbons (Fsp3) is 0.600. The van der Waals surface area contributed by atoms with Crippen LogP contribution in [0.4, 0.5) is 0 Å². The number of carboxylic acid groups (broad SMARTS) is 1. The van der Waals surface area contributed by atoms with Crippen LogP contribution in [0.15, 0.2) is 18.7 Å². The lowest BCUT2D eigenvalue weighted by atomic mass is 10.3. The zero-order valence-electron chi connectivity index (χ0n) is 9.06. The van der Waals surface area contributed by atoms with Gasteiger partial charge in [0.15, 0.2) is 0 Å². The van der Waals surface area contributed by atoms with Crippen molar-refractivity contribution in [2.45, 2.75) is 33.2 Å². The van der Waals surface area contributed by atoms with Crippen LogP contribution in [0, 0.1) is 0 Å². The Labute approximate surface area is 84.8 Å². The van der Waals surface area contributed by atoms with E-state index in [9.17, 15) is 0 Å². The van der Waals surface area contributed by atoms with Gasteiger partial charge in [-0.1, -0.05) is 13.3 Å². The largest absolute Gasteiger partial charge is 0.550 e. The van der Waals surface area contributed by atoms with Gasteiger partial charge in [0, 0.05) is 5.97 Å². The van der Waals surface area contributed by atoms with E-state index < -0.39 is 5.97 Å². The second-order valence-electron chi connectivity index (χ2n) is 3.16. The zero-order valence-corrected chi connectivity index (χ0v) is 9.06. The van der Waals surface area contributed by atoms with Crippen LogP contribution < -0.4 is 9.67 Å². The summed E-state index contributed by atoms with van der Waals surface area (Å²) in [5, 5.41) is 8.89. The molecule has 0 aliphatic rings. The van der Waals surface area contributed by atoms with Crippen molar-refractivity contribution in [3.8, 4) is 0 Å². The molecule has 0 fully saturated rings. The minimum atomic E-state index is -1.08. The van der Waals surface area contributed by atoms with Gasteiger partial charge in [0.25, 0.3) is 0 Å². The highest BCUT2D eigenvalue weighted by Crippen LogP contribution is 1.91. The predicted molar refractivity (Wildman–Crippen MR) is 51.2 cm³/mol. The summed E-state index contributed by atoms with van der Waals surface area (Å²) in [6.07, 6.45) is 8.82. The van der Waals surface area contributed by atoms with Crippen molar-refractivity contribution in [1.82, 2.24) is 4.57 Å². The maximum atomic E-state index is 8.89. The molecule has 0 saturated carbocycles. The van der Waals surface area contributed by atoms with Crippen LogP contribution in [0.3, 0.4) is 0 Å². The molecule has 4 nitrogen and oxygen atoms in total. The van der Waals surface area contributed by atoms with Crippen molar-refractivity contribution < 1.29 is 14.5 Å². The average molecular weight is 199 g/mol. The van der Waals surface area contributed by atoms with Gasteiger partial charge in [-0.15, -0.1) is 0 Å². The Morgan fingerprint density at radius 3 is 2.50 bits per heavy atom. The van der Waals surface area contributed by atoms with Crippen molar-refractivity contribution in [3.63, 3.8) is 0 Å². The maximum absolute atomic E-state index is 8.89. The number of nitrogens with zero attached hydrogens (tertiary/aromatic N) is 2. The van der Waals surface area contributed by atoms with Crippen LogP contribution in [0.5, 0.6) is 0 Å². The minimum Gasteiger partial charge on any atom is -0.550 e. The number of carbonyl (C=O) groups excluding carboxylic acids is 1. The standard InChI is InChI=1S/C8H15N2.C2H4O2/c1-3-4-5-10-7-6-9(2)8-10;1-2(3)4/h6-8H,3-5H2,1-2H3;1H3,(H,3,4)/q+1;/p-1/i8+1;. The van der Waals surface area contributed by atoms with Gasteiger partial charge in [-0.3, -0.25) is 0 Å². The number of carbonyl (C=O) groups is 1. The second kappa shape index (κ2) is 7.12. The number of aryl methyl sites for hydroxylation is 2. The van der Waals surface area contributed by atoms with Gasteiger partial charge < -0.3 is 9.90 Å². The lowest BCUT2D eigenvalue weighted by Crippen LogP contribution is -2.23. The molecule has 1 heterocycles. The molecule has 0 spiro atoms. The van der Waals surface area contributed by atoms with E-state index in [4.69, 9.17) is 9.90 Å². The van der Waals surface area contributed by atoms with Crippen LogP contribution in [-0.2, 0) is 18.4 Å². The predicted octanol–water partition coefficient (Wildman–Crippen LogP) is -0.131. The summed E-state index contributed by atoms with van der Waals surface area (Å²) in [4.78, 5) is 8.89. The first kappa shape index (κ1) is 12.7. The van der Waals surface area contributed by atoms with Gasteiger partial charge in [0.05, 0.1) is 13.6 Å². The van der Waals surface area contributed by atoms with E-state index in [-0.39, 0.29) is 0 Å². The highest BCUT2D eigenvalue weighted by atomic mass is 16.4. The minimum absolute atomic E-state index is 0.972. The molecule has 1 aromatic rings. The molecule has 0 aliphatic heterocycles. The first-order chi connectivity index (χ1) is 6.56. The monoisotopic (exact) mass is 199 g/mol. The van der Waals surface area contributed by atoms with Crippen molar-refractivity contribution in [3.05, 3.63) is 18.7 Å². The molecule has 0 N–H and O–H groups in total. The van der Waals surface area contributed by atoms with Crippen LogP contribution in [-0.4, -0.2) is 10.5 Å². The van der Waals surface area contributed by atoms with E-state index in [0.29, 0.717) is 0 Å². The number of imidazole rings is 1. The first-order valence-electron chi connectivity index (χ1n) is 4.74.